The average Bonchev–Trinajstić information content (AvgIpc) is 2.29. The first-order chi connectivity index (χ1) is 7.77. The Morgan fingerprint density at radius 2 is 2.12 bits per heavy atom. The molecular weight excluding hydrogens is 198 g/mol. The molecule has 3 rings (SSSR count). The van der Waals surface area contributed by atoms with Crippen molar-refractivity contribution in [2.75, 3.05) is 0 Å². The summed E-state index contributed by atoms with van der Waals surface area (Å²) in [6.07, 6.45) is 4.02. The Morgan fingerprint density at radius 1 is 1.31 bits per heavy atom. The summed E-state index contributed by atoms with van der Waals surface area (Å²) in [5.41, 5.74) is 2.78. The summed E-state index contributed by atoms with van der Waals surface area (Å²) in [5.74, 6) is 0.346. The van der Waals surface area contributed by atoms with E-state index in [-0.39, 0.29) is 6.04 Å². The molecular formula is C14H17NO. The molecule has 2 atom stereocenters. The number of piperidine rings is 1. The van der Waals surface area contributed by atoms with Crippen LogP contribution in [0.5, 0.6) is 0 Å². The van der Waals surface area contributed by atoms with E-state index in [2.05, 4.69) is 36.1 Å². The van der Waals surface area contributed by atoms with E-state index in [4.69, 9.17) is 0 Å². The lowest BCUT2D eigenvalue weighted by atomic mass is 9.84. The van der Waals surface area contributed by atoms with Crippen molar-refractivity contribution in [2.24, 2.45) is 0 Å². The third kappa shape index (κ3) is 1.36. The largest absolute Gasteiger partial charge is 0.333 e. The van der Waals surface area contributed by atoms with Gasteiger partial charge >= 0.3 is 0 Å². The Bertz CT molecular complexity index is 426. The van der Waals surface area contributed by atoms with Crippen molar-refractivity contribution in [1.82, 2.24) is 4.90 Å². The minimum Gasteiger partial charge on any atom is -0.333 e. The molecule has 1 aromatic carbocycles. The summed E-state index contributed by atoms with van der Waals surface area (Å²) >= 11 is 0. The summed E-state index contributed by atoms with van der Waals surface area (Å²) < 4.78 is 0. The van der Waals surface area contributed by atoms with Crippen LogP contribution in [0.25, 0.3) is 0 Å². The Morgan fingerprint density at radius 3 is 3.00 bits per heavy atom. The molecule has 0 saturated carbocycles. The molecule has 84 valence electrons. The van der Waals surface area contributed by atoms with Gasteiger partial charge < -0.3 is 4.90 Å². The van der Waals surface area contributed by atoms with Crippen LogP contribution < -0.4 is 0 Å². The number of hydrogen-bond acceptors (Lipinski definition) is 1. The summed E-state index contributed by atoms with van der Waals surface area (Å²) in [5, 5.41) is 0. The zero-order valence-corrected chi connectivity index (χ0v) is 9.65. The molecule has 1 fully saturated rings. The lowest BCUT2D eigenvalue weighted by Crippen LogP contribution is -2.48. The second-order valence-corrected chi connectivity index (χ2v) is 4.93. The number of nitrogens with zero attached hydrogens (tertiary/aromatic N) is 1. The lowest BCUT2D eigenvalue weighted by Gasteiger charge is -2.44. The van der Waals surface area contributed by atoms with Crippen molar-refractivity contribution >= 4 is 5.91 Å². The van der Waals surface area contributed by atoms with Crippen molar-refractivity contribution in [2.45, 2.75) is 44.7 Å². The maximum Gasteiger partial charge on any atom is 0.223 e. The van der Waals surface area contributed by atoms with Crippen LogP contribution in [-0.2, 0) is 11.2 Å². The van der Waals surface area contributed by atoms with Gasteiger partial charge in [0.25, 0.3) is 0 Å². The molecule has 0 bridgehead atoms. The number of hydrogen-bond donors (Lipinski definition) is 0. The molecule has 1 amide bonds. The van der Waals surface area contributed by atoms with Gasteiger partial charge in [-0.15, -0.1) is 0 Å². The van der Waals surface area contributed by atoms with Gasteiger partial charge in [-0.3, -0.25) is 4.79 Å². The van der Waals surface area contributed by atoms with Crippen molar-refractivity contribution in [3.05, 3.63) is 35.4 Å². The molecule has 0 aliphatic carbocycles. The number of amides is 1. The highest BCUT2D eigenvalue weighted by Crippen LogP contribution is 2.37. The monoisotopic (exact) mass is 215 g/mol. The van der Waals surface area contributed by atoms with E-state index in [1.807, 2.05) is 0 Å². The first-order valence-electron chi connectivity index (χ1n) is 6.16. The fourth-order valence-electron chi connectivity index (χ4n) is 3.22. The predicted molar refractivity (Wildman–Crippen MR) is 63.0 cm³/mol. The molecule has 2 aliphatic heterocycles. The zero-order chi connectivity index (χ0) is 11.1. The normalized spacial score (nSPS) is 28.6. The highest BCUT2D eigenvalue weighted by atomic mass is 16.2. The fourth-order valence-corrected chi connectivity index (χ4v) is 3.22. The van der Waals surface area contributed by atoms with Gasteiger partial charge in [0.1, 0.15) is 0 Å². The molecule has 2 heterocycles. The third-order valence-corrected chi connectivity index (χ3v) is 3.99. The van der Waals surface area contributed by atoms with Crippen LogP contribution >= 0.6 is 0 Å². The van der Waals surface area contributed by atoms with Crippen molar-refractivity contribution in [3.8, 4) is 0 Å². The Hall–Kier alpha value is -1.31. The highest BCUT2D eigenvalue weighted by Gasteiger charge is 2.36. The summed E-state index contributed by atoms with van der Waals surface area (Å²) in [7, 11) is 0. The molecule has 2 aliphatic rings. The quantitative estimate of drug-likeness (QED) is 0.651. The van der Waals surface area contributed by atoms with Gasteiger partial charge in [0.05, 0.1) is 6.04 Å². The summed E-state index contributed by atoms with van der Waals surface area (Å²) in [4.78, 5) is 14.1. The van der Waals surface area contributed by atoms with Crippen LogP contribution in [0.2, 0.25) is 0 Å². The minimum absolute atomic E-state index is 0.266. The number of carbonyl (C=O) groups excluding carboxylic acids is 1. The number of fused-ring (bicyclic) bond motifs is 2. The smallest absolute Gasteiger partial charge is 0.223 e. The van der Waals surface area contributed by atoms with Gasteiger partial charge in [0, 0.05) is 12.5 Å². The van der Waals surface area contributed by atoms with Gasteiger partial charge in [0.2, 0.25) is 5.91 Å². The SMILES string of the molecule is CC1c2ccccc2CC2CCCC(=O)N21. The van der Waals surface area contributed by atoms with Gasteiger partial charge in [-0.2, -0.15) is 0 Å². The second-order valence-electron chi connectivity index (χ2n) is 4.93. The van der Waals surface area contributed by atoms with Crippen LogP contribution in [0, 0.1) is 0 Å². The van der Waals surface area contributed by atoms with Crippen molar-refractivity contribution < 1.29 is 4.79 Å². The molecule has 1 aromatic rings. The van der Waals surface area contributed by atoms with Crippen molar-refractivity contribution in [3.63, 3.8) is 0 Å². The number of benzene rings is 1. The fraction of sp³-hybridized carbons (Fsp3) is 0.500. The topological polar surface area (TPSA) is 20.3 Å². The van der Waals surface area contributed by atoms with Crippen LogP contribution in [0.3, 0.4) is 0 Å². The van der Waals surface area contributed by atoms with Crippen LogP contribution in [0.4, 0.5) is 0 Å². The number of carbonyl (C=O) groups is 1. The molecule has 2 nitrogen and oxygen atoms in total. The van der Waals surface area contributed by atoms with Crippen molar-refractivity contribution in [1.29, 1.82) is 0 Å². The van der Waals surface area contributed by atoms with E-state index in [9.17, 15) is 4.79 Å². The molecule has 0 aromatic heterocycles. The standard InChI is InChI=1S/C14H17NO/c1-10-13-7-3-2-5-11(13)9-12-6-4-8-14(16)15(10)12/h2-3,5,7,10,12H,4,6,8-9H2,1H3. The molecule has 1 saturated heterocycles. The van der Waals surface area contributed by atoms with Gasteiger partial charge in [-0.1, -0.05) is 24.3 Å². The lowest BCUT2D eigenvalue weighted by molar-refractivity contribution is -0.139. The van der Waals surface area contributed by atoms with Crippen LogP contribution in [0.1, 0.15) is 43.4 Å². The minimum atomic E-state index is 0.266. The Balaban J connectivity index is 2.03. The molecule has 0 spiro atoms. The van der Waals surface area contributed by atoms with Gasteiger partial charge in [0.15, 0.2) is 0 Å². The van der Waals surface area contributed by atoms with Crippen LogP contribution in [-0.4, -0.2) is 16.8 Å². The third-order valence-electron chi connectivity index (χ3n) is 3.99. The van der Waals surface area contributed by atoms with Gasteiger partial charge in [-0.25, -0.2) is 0 Å². The molecule has 2 heteroatoms. The van der Waals surface area contributed by atoms with E-state index in [1.165, 1.54) is 17.5 Å². The summed E-state index contributed by atoms with van der Waals surface area (Å²) in [6.45, 7) is 2.16. The van der Waals surface area contributed by atoms with E-state index in [0.29, 0.717) is 11.9 Å². The average molecular weight is 215 g/mol. The van der Waals surface area contributed by atoms with Gasteiger partial charge in [-0.05, 0) is 37.3 Å². The molecule has 2 unspecified atom stereocenters. The highest BCUT2D eigenvalue weighted by molar-refractivity contribution is 5.78. The molecule has 0 N–H and O–H groups in total. The Labute approximate surface area is 96.3 Å². The maximum absolute atomic E-state index is 12.0. The molecule has 0 radical (unpaired) electrons. The second kappa shape index (κ2) is 3.62. The van der Waals surface area contributed by atoms with E-state index in [1.54, 1.807) is 0 Å². The van der Waals surface area contributed by atoms with E-state index >= 15 is 0 Å². The predicted octanol–water partition coefficient (Wildman–Crippen LogP) is 2.68. The van der Waals surface area contributed by atoms with E-state index < -0.39 is 0 Å². The summed E-state index contributed by atoms with van der Waals surface area (Å²) in [6, 6.07) is 9.27. The van der Waals surface area contributed by atoms with Crippen LogP contribution in [0.15, 0.2) is 24.3 Å². The number of rotatable bonds is 0. The Kier molecular flexibility index (Phi) is 2.23. The zero-order valence-electron chi connectivity index (χ0n) is 9.65. The first kappa shape index (κ1) is 9.88. The maximum atomic E-state index is 12.0. The molecule has 16 heavy (non-hydrogen) atoms. The van der Waals surface area contributed by atoms with E-state index in [0.717, 1.165) is 19.3 Å². The first-order valence-corrected chi connectivity index (χ1v) is 6.16.